The Labute approximate surface area is 159 Å². The number of hydrogen-bond acceptors (Lipinski definition) is 6. The van der Waals surface area contributed by atoms with Gasteiger partial charge in [-0.05, 0) is 20.8 Å². The van der Waals surface area contributed by atoms with Crippen LogP contribution in [0, 0.1) is 13.8 Å². The first-order valence-electron chi connectivity index (χ1n) is 9.46. The largest absolute Gasteiger partial charge is 0.337 e. The van der Waals surface area contributed by atoms with Gasteiger partial charge in [0.25, 0.3) is 0 Å². The molecule has 1 aromatic carbocycles. The smallest absolute Gasteiger partial charge is 0.244 e. The van der Waals surface area contributed by atoms with Crippen LogP contribution in [0.3, 0.4) is 0 Å². The molecule has 1 aliphatic rings. The molecule has 0 spiro atoms. The highest BCUT2D eigenvalue weighted by Crippen LogP contribution is 2.24. The molecule has 1 atom stereocenters. The van der Waals surface area contributed by atoms with Crippen molar-refractivity contribution in [3.05, 3.63) is 53.2 Å². The lowest BCUT2D eigenvalue weighted by molar-refractivity contribution is 0.0844. The molecule has 0 aliphatic carbocycles. The van der Waals surface area contributed by atoms with Crippen molar-refractivity contribution >= 4 is 0 Å². The van der Waals surface area contributed by atoms with E-state index in [-0.39, 0.29) is 6.04 Å². The fourth-order valence-corrected chi connectivity index (χ4v) is 3.47. The lowest BCUT2D eigenvalue weighted by Crippen LogP contribution is -2.46. The van der Waals surface area contributed by atoms with Crippen LogP contribution in [0.1, 0.15) is 35.7 Å². The number of rotatable bonds is 5. The number of aryl methyl sites for hydroxylation is 2. The van der Waals surface area contributed by atoms with Gasteiger partial charge in [-0.1, -0.05) is 35.0 Å². The van der Waals surface area contributed by atoms with Crippen LogP contribution >= 0.6 is 0 Å². The van der Waals surface area contributed by atoms with Gasteiger partial charge in [0.15, 0.2) is 0 Å². The number of aromatic amines is 1. The van der Waals surface area contributed by atoms with Crippen LogP contribution in [0.5, 0.6) is 0 Å². The average Bonchev–Trinajstić information content (AvgIpc) is 3.32. The SMILES string of the molecule is Cc1ccc(-c2noc(C(C)N3CCN(Cc4cn[nH]c4C)CC3)n2)cc1. The van der Waals surface area contributed by atoms with E-state index in [0.29, 0.717) is 11.7 Å². The number of hydrogen-bond donors (Lipinski definition) is 1. The van der Waals surface area contributed by atoms with E-state index in [1.807, 2.05) is 18.3 Å². The van der Waals surface area contributed by atoms with E-state index in [1.54, 1.807) is 0 Å². The minimum atomic E-state index is 0.120. The summed E-state index contributed by atoms with van der Waals surface area (Å²) in [5, 5.41) is 11.3. The third kappa shape index (κ3) is 3.94. The predicted octanol–water partition coefficient (Wildman–Crippen LogP) is 2.96. The van der Waals surface area contributed by atoms with Gasteiger partial charge in [-0.15, -0.1) is 0 Å². The molecule has 1 aliphatic heterocycles. The van der Waals surface area contributed by atoms with Gasteiger partial charge in [-0.2, -0.15) is 10.1 Å². The Morgan fingerprint density at radius 2 is 1.85 bits per heavy atom. The Kier molecular flexibility index (Phi) is 5.05. The van der Waals surface area contributed by atoms with Gasteiger partial charge in [0.1, 0.15) is 0 Å². The second kappa shape index (κ2) is 7.62. The third-order valence-electron chi connectivity index (χ3n) is 5.39. The lowest BCUT2D eigenvalue weighted by Gasteiger charge is -2.36. The number of aromatic nitrogens is 4. The van der Waals surface area contributed by atoms with E-state index in [4.69, 9.17) is 4.52 Å². The molecule has 4 rings (SSSR count). The second-order valence-electron chi connectivity index (χ2n) is 7.33. The molecule has 7 nitrogen and oxygen atoms in total. The van der Waals surface area contributed by atoms with Crippen molar-refractivity contribution < 1.29 is 4.52 Å². The zero-order valence-electron chi connectivity index (χ0n) is 16.1. The molecule has 7 heteroatoms. The summed E-state index contributed by atoms with van der Waals surface area (Å²) in [5.41, 5.74) is 4.64. The van der Waals surface area contributed by atoms with Gasteiger partial charge in [0, 0.05) is 49.5 Å². The molecular weight excluding hydrogens is 340 g/mol. The Morgan fingerprint density at radius 1 is 1.11 bits per heavy atom. The van der Waals surface area contributed by atoms with E-state index >= 15 is 0 Å². The molecule has 0 saturated carbocycles. The second-order valence-corrected chi connectivity index (χ2v) is 7.33. The quantitative estimate of drug-likeness (QED) is 0.748. The molecule has 1 saturated heterocycles. The van der Waals surface area contributed by atoms with Crippen LogP contribution in [-0.2, 0) is 6.54 Å². The molecule has 0 radical (unpaired) electrons. The van der Waals surface area contributed by atoms with Gasteiger partial charge < -0.3 is 4.52 Å². The summed E-state index contributed by atoms with van der Waals surface area (Å²) in [7, 11) is 0. The molecule has 1 N–H and O–H groups in total. The van der Waals surface area contributed by atoms with Gasteiger partial charge in [-0.25, -0.2) is 0 Å². The fraction of sp³-hybridized carbons (Fsp3) is 0.450. The molecule has 3 heterocycles. The van der Waals surface area contributed by atoms with E-state index in [1.165, 1.54) is 11.1 Å². The highest BCUT2D eigenvalue weighted by molar-refractivity contribution is 5.54. The van der Waals surface area contributed by atoms with Gasteiger partial charge in [0.2, 0.25) is 11.7 Å². The minimum Gasteiger partial charge on any atom is -0.337 e. The summed E-state index contributed by atoms with van der Waals surface area (Å²) in [5.74, 6) is 1.34. The molecule has 0 amide bonds. The van der Waals surface area contributed by atoms with Crippen molar-refractivity contribution in [2.75, 3.05) is 26.2 Å². The number of piperazine rings is 1. The molecule has 0 bridgehead atoms. The maximum absolute atomic E-state index is 5.56. The molecule has 2 aromatic heterocycles. The normalized spacial score (nSPS) is 17.3. The first-order chi connectivity index (χ1) is 13.1. The summed E-state index contributed by atoms with van der Waals surface area (Å²) >= 11 is 0. The Balaban J connectivity index is 1.36. The highest BCUT2D eigenvalue weighted by atomic mass is 16.5. The van der Waals surface area contributed by atoms with E-state index in [9.17, 15) is 0 Å². The Bertz CT molecular complexity index is 876. The summed E-state index contributed by atoms with van der Waals surface area (Å²) in [6.45, 7) is 11.2. The van der Waals surface area contributed by atoms with Crippen molar-refractivity contribution in [1.82, 2.24) is 30.1 Å². The first kappa shape index (κ1) is 17.9. The topological polar surface area (TPSA) is 74.1 Å². The van der Waals surface area contributed by atoms with Crippen LogP contribution in [-0.4, -0.2) is 56.3 Å². The molecule has 142 valence electrons. The number of benzene rings is 1. The minimum absolute atomic E-state index is 0.120. The zero-order chi connectivity index (χ0) is 18.8. The average molecular weight is 366 g/mol. The molecule has 1 fully saturated rings. The Hall–Kier alpha value is -2.51. The summed E-state index contributed by atoms with van der Waals surface area (Å²) < 4.78 is 5.56. The van der Waals surface area contributed by atoms with Crippen molar-refractivity contribution in [1.29, 1.82) is 0 Å². The van der Waals surface area contributed by atoms with Crippen LogP contribution < -0.4 is 0 Å². The number of nitrogens with zero attached hydrogens (tertiary/aromatic N) is 5. The van der Waals surface area contributed by atoms with Crippen LogP contribution in [0.15, 0.2) is 35.0 Å². The van der Waals surface area contributed by atoms with E-state index in [0.717, 1.165) is 44.0 Å². The highest BCUT2D eigenvalue weighted by Gasteiger charge is 2.26. The van der Waals surface area contributed by atoms with Crippen molar-refractivity contribution in [3.8, 4) is 11.4 Å². The molecule has 27 heavy (non-hydrogen) atoms. The Morgan fingerprint density at radius 3 is 2.52 bits per heavy atom. The summed E-state index contributed by atoms with van der Waals surface area (Å²) in [6, 6.07) is 8.32. The fourth-order valence-electron chi connectivity index (χ4n) is 3.47. The van der Waals surface area contributed by atoms with Crippen LogP contribution in [0.25, 0.3) is 11.4 Å². The number of H-pyrrole nitrogens is 1. The first-order valence-corrected chi connectivity index (χ1v) is 9.46. The monoisotopic (exact) mass is 366 g/mol. The van der Waals surface area contributed by atoms with Crippen molar-refractivity contribution in [2.45, 2.75) is 33.4 Å². The van der Waals surface area contributed by atoms with Gasteiger partial charge >= 0.3 is 0 Å². The molecule has 3 aromatic rings. The van der Waals surface area contributed by atoms with Crippen molar-refractivity contribution in [2.24, 2.45) is 0 Å². The van der Waals surface area contributed by atoms with E-state index in [2.05, 4.69) is 63.0 Å². The maximum atomic E-state index is 5.56. The summed E-state index contributed by atoms with van der Waals surface area (Å²) in [6.07, 6.45) is 1.93. The third-order valence-corrected chi connectivity index (χ3v) is 5.39. The van der Waals surface area contributed by atoms with E-state index < -0.39 is 0 Å². The molecule has 1 unspecified atom stereocenters. The van der Waals surface area contributed by atoms with Crippen molar-refractivity contribution in [3.63, 3.8) is 0 Å². The standard InChI is InChI=1S/C20H26N6O/c1-14-4-6-17(7-5-14)19-22-20(27-24-19)16(3)26-10-8-25(9-11-26)13-18-12-21-23-15(18)2/h4-7,12,16H,8-11,13H2,1-3H3,(H,21,23). The van der Waals surface area contributed by atoms with Gasteiger partial charge in [-0.3, -0.25) is 14.9 Å². The van der Waals surface area contributed by atoms with Crippen LogP contribution in [0.4, 0.5) is 0 Å². The number of nitrogens with one attached hydrogen (secondary N) is 1. The van der Waals surface area contributed by atoms with Crippen LogP contribution in [0.2, 0.25) is 0 Å². The van der Waals surface area contributed by atoms with Gasteiger partial charge in [0.05, 0.1) is 12.2 Å². The molecular formula is C20H26N6O. The maximum Gasteiger partial charge on any atom is 0.244 e. The zero-order valence-corrected chi connectivity index (χ0v) is 16.1. The lowest BCUT2D eigenvalue weighted by atomic mass is 10.1. The predicted molar refractivity (Wildman–Crippen MR) is 103 cm³/mol. The summed E-state index contributed by atoms with van der Waals surface area (Å²) in [4.78, 5) is 9.50.